The Labute approximate surface area is 145 Å². The standard InChI is InChI=1S/C18H31N5O/c1-14-16(12-22(3)20-14)11-19-18(24)15-5-4-8-23(13-15)17-6-9-21(2)10-7-17/h12,15,17H,4-11,13H2,1-3H3,(H,19,24). The number of likely N-dealkylation sites (tertiary alicyclic amines) is 2. The van der Waals surface area contributed by atoms with Crippen molar-refractivity contribution < 1.29 is 4.79 Å². The van der Waals surface area contributed by atoms with Gasteiger partial charge in [0.05, 0.1) is 11.6 Å². The second-order valence-electron chi connectivity index (χ2n) is 7.50. The Balaban J connectivity index is 1.50. The van der Waals surface area contributed by atoms with Crippen molar-refractivity contribution in [2.75, 3.05) is 33.2 Å². The van der Waals surface area contributed by atoms with Gasteiger partial charge in [0.25, 0.3) is 0 Å². The van der Waals surface area contributed by atoms with E-state index in [-0.39, 0.29) is 11.8 Å². The molecule has 0 aliphatic carbocycles. The maximum absolute atomic E-state index is 12.6. The van der Waals surface area contributed by atoms with Crippen LogP contribution in [0.3, 0.4) is 0 Å². The van der Waals surface area contributed by atoms with Crippen molar-refractivity contribution in [3.63, 3.8) is 0 Å². The van der Waals surface area contributed by atoms with Gasteiger partial charge >= 0.3 is 0 Å². The molecule has 0 bridgehead atoms. The number of nitrogens with one attached hydrogen (secondary N) is 1. The zero-order chi connectivity index (χ0) is 17.1. The van der Waals surface area contributed by atoms with Crippen LogP contribution in [0.25, 0.3) is 0 Å². The molecule has 0 aromatic carbocycles. The Bertz CT molecular complexity index is 562. The van der Waals surface area contributed by atoms with Gasteiger partial charge in [-0.1, -0.05) is 0 Å². The molecule has 24 heavy (non-hydrogen) atoms. The van der Waals surface area contributed by atoms with Crippen LogP contribution in [0, 0.1) is 12.8 Å². The molecule has 2 saturated heterocycles. The lowest BCUT2D eigenvalue weighted by Gasteiger charge is -2.41. The van der Waals surface area contributed by atoms with E-state index in [1.54, 1.807) is 4.68 Å². The lowest BCUT2D eigenvalue weighted by Crippen LogP contribution is -2.50. The van der Waals surface area contributed by atoms with Crippen LogP contribution in [0.5, 0.6) is 0 Å². The summed E-state index contributed by atoms with van der Waals surface area (Å²) in [6.07, 6.45) is 6.61. The van der Waals surface area contributed by atoms with E-state index in [4.69, 9.17) is 0 Å². The summed E-state index contributed by atoms with van der Waals surface area (Å²) in [5.41, 5.74) is 2.10. The maximum atomic E-state index is 12.6. The van der Waals surface area contributed by atoms with Gasteiger partial charge < -0.3 is 10.2 Å². The number of amides is 1. The molecule has 2 aliphatic heterocycles. The van der Waals surface area contributed by atoms with Gasteiger partial charge in [-0.15, -0.1) is 0 Å². The molecule has 0 saturated carbocycles. The van der Waals surface area contributed by atoms with E-state index in [9.17, 15) is 4.79 Å². The Morgan fingerprint density at radius 1 is 1.25 bits per heavy atom. The van der Waals surface area contributed by atoms with Crippen molar-refractivity contribution in [3.8, 4) is 0 Å². The van der Waals surface area contributed by atoms with Gasteiger partial charge in [-0.2, -0.15) is 5.10 Å². The summed E-state index contributed by atoms with van der Waals surface area (Å²) in [4.78, 5) is 17.6. The highest BCUT2D eigenvalue weighted by atomic mass is 16.1. The van der Waals surface area contributed by atoms with Crippen molar-refractivity contribution in [3.05, 3.63) is 17.5 Å². The number of nitrogens with zero attached hydrogens (tertiary/aromatic N) is 4. The molecule has 1 aromatic heterocycles. The third-order valence-corrected chi connectivity index (χ3v) is 5.60. The van der Waals surface area contributed by atoms with Gasteiger partial charge in [0.1, 0.15) is 0 Å². The molecular formula is C18H31N5O. The first-order valence-corrected chi connectivity index (χ1v) is 9.22. The number of aryl methyl sites for hydroxylation is 2. The molecule has 0 spiro atoms. The fourth-order valence-corrected chi connectivity index (χ4v) is 4.06. The Hall–Kier alpha value is -1.40. The Morgan fingerprint density at radius 3 is 2.67 bits per heavy atom. The molecule has 6 heteroatoms. The molecule has 1 amide bonds. The average Bonchev–Trinajstić information content (AvgIpc) is 2.91. The number of carbonyl (C=O) groups excluding carboxylic acids is 1. The minimum absolute atomic E-state index is 0.135. The smallest absolute Gasteiger partial charge is 0.224 e. The molecular weight excluding hydrogens is 302 g/mol. The van der Waals surface area contributed by atoms with Crippen LogP contribution in [0.4, 0.5) is 0 Å². The largest absolute Gasteiger partial charge is 0.352 e. The van der Waals surface area contributed by atoms with E-state index in [1.165, 1.54) is 25.9 Å². The van der Waals surface area contributed by atoms with Crippen molar-refractivity contribution in [2.24, 2.45) is 13.0 Å². The fraction of sp³-hybridized carbons (Fsp3) is 0.778. The molecule has 0 radical (unpaired) electrons. The van der Waals surface area contributed by atoms with Crippen LogP contribution in [-0.4, -0.2) is 64.8 Å². The Morgan fingerprint density at radius 2 is 2.00 bits per heavy atom. The molecule has 3 heterocycles. The highest BCUT2D eigenvalue weighted by Crippen LogP contribution is 2.23. The molecule has 1 aromatic rings. The molecule has 1 N–H and O–H groups in total. The first kappa shape index (κ1) is 17.4. The van der Waals surface area contributed by atoms with Crippen molar-refractivity contribution in [1.82, 2.24) is 24.9 Å². The Kier molecular flexibility index (Phi) is 5.56. The molecule has 1 atom stereocenters. The molecule has 2 aliphatic rings. The van der Waals surface area contributed by atoms with Crippen molar-refractivity contribution in [2.45, 2.75) is 45.2 Å². The van der Waals surface area contributed by atoms with E-state index in [1.807, 2.05) is 20.2 Å². The van der Waals surface area contributed by atoms with Gasteiger partial charge in [0, 0.05) is 37.9 Å². The van der Waals surface area contributed by atoms with Gasteiger partial charge in [0.2, 0.25) is 5.91 Å². The van der Waals surface area contributed by atoms with Crippen molar-refractivity contribution >= 4 is 5.91 Å². The zero-order valence-electron chi connectivity index (χ0n) is 15.3. The highest BCUT2D eigenvalue weighted by molar-refractivity contribution is 5.79. The molecule has 6 nitrogen and oxygen atoms in total. The summed E-state index contributed by atoms with van der Waals surface area (Å²) < 4.78 is 1.80. The van der Waals surface area contributed by atoms with E-state index < -0.39 is 0 Å². The van der Waals surface area contributed by atoms with Crippen LogP contribution < -0.4 is 5.32 Å². The first-order chi connectivity index (χ1) is 11.5. The van der Waals surface area contributed by atoms with E-state index in [0.717, 1.165) is 37.2 Å². The van der Waals surface area contributed by atoms with Crippen molar-refractivity contribution in [1.29, 1.82) is 0 Å². The van der Waals surface area contributed by atoms with E-state index >= 15 is 0 Å². The minimum Gasteiger partial charge on any atom is -0.352 e. The zero-order valence-corrected chi connectivity index (χ0v) is 15.3. The lowest BCUT2D eigenvalue weighted by atomic mass is 9.93. The van der Waals surface area contributed by atoms with Gasteiger partial charge in [-0.3, -0.25) is 14.4 Å². The number of hydrogen-bond acceptors (Lipinski definition) is 4. The predicted molar refractivity (Wildman–Crippen MR) is 94.6 cm³/mol. The summed E-state index contributed by atoms with van der Waals surface area (Å²) >= 11 is 0. The van der Waals surface area contributed by atoms with E-state index in [2.05, 4.69) is 27.3 Å². The second-order valence-corrected chi connectivity index (χ2v) is 7.50. The number of carbonyl (C=O) groups is 1. The highest BCUT2D eigenvalue weighted by Gasteiger charge is 2.31. The minimum atomic E-state index is 0.135. The second kappa shape index (κ2) is 7.66. The predicted octanol–water partition coefficient (Wildman–Crippen LogP) is 1.15. The molecule has 2 fully saturated rings. The van der Waals surface area contributed by atoms with Crippen LogP contribution in [-0.2, 0) is 18.4 Å². The first-order valence-electron chi connectivity index (χ1n) is 9.22. The number of rotatable bonds is 4. The van der Waals surface area contributed by atoms with Crippen LogP contribution in [0.2, 0.25) is 0 Å². The van der Waals surface area contributed by atoms with E-state index in [0.29, 0.717) is 12.6 Å². The monoisotopic (exact) mass is 333 g/mol. The average molecular weight is 333 g/mol. The third-order valence-electron chi connectivity index (χ3n) is 5.60. The van der Waals surface area contributed by atoms with Gasteiger partial charge in [-0.25, -0.2) is 0 Å². The normalized spacial score (nSPS) is 24.2. The molecule has 134 valence electrons. The lowest BCUT2D eigenvalue weighted by molar-refractivity contribution is -0.127. The summed E-state index contributed by atoms with van der Waals surface area (Å²) in [5, 5.41) is 7.46. The number of hydrogen-bond donors (Lipinski definition) is 1. The number of aromatic nitrogens is 2. The van der Waals surface area contributed by atoms with Gasteiger partial charge in [-0.05, 0) is 59.3 Å². The van der Waals surface area contributed by atoms with Crippen LogP contribution >= 0.6 is 0 Å². The maximum Gasteiger partial charge on any atom is 0.224 e. The van der Waals surface area contributed by atoms with Crippen LogP contribution in [0.1, 0.15) is 36.9 Å². The SMILES string of the molecule is Cc1nn(C)cc1CNC(=O)C1CCCN(C2CCN(C)CC2)C1. The summed E-state index contributed by atoms with van der Waals surface area (Å²) in [6, 6.07) is 0.664. The molecule has 1 unspecified atom stereocenters. The third kappa shape index (κ3) is 4.16. The summed E-state index contributed by atoms with van der Waals surface area (Å²) in [6.45, 7) is 7.01. The quantitative estimate of drug-likeness (QED) is 0.898. The summed E-state index contributed by atoms with van der Waals surface area (Å²) in [7, 11) is 4.11. The van der Waals surface area contributed by atoms with Gasteiger partial charge in [0.15, 0.2) is 0 Å². The molecule has 3 rings (SSSR count). The summed E-state index contributed by atoms with van der Waals surface area (Å²) in [5.74, 6) is 0.339. The van der Waals surface area contributed by atoms with Crippen LogP contribution in [0.15, 0.2) is 6.20 Å². The number of piperidine rings is 2. The fourth-order valence-electron chi connectivity index (χ4n) is 4.06. The topological polar surface area (TPSA) is 53.4 Å².